The first kappa shape index (κ1) is 19.9. The van der Waals surface area contributed by atoms with Crippen molar-refractivity contribution in [2.45, 2.75) is 0 Å². The number of nitrogens with zero attached hydrogens (tertiary/aromatic N) is 1. The molecule has 148 valence electrons. The van der Waals surface area contributed by atoms with Crippen molar-refractivity contribution in [3.8, 4) is 5.75 Å². The Morgan fingerprint density at radius 2 is 1.86 bits per heavy atom. The fraction of sp³-hybridized carbons (Fsp3) is 0.250. The topological polar surface area (TPSA) is 84.9 Å². The van der Waals surface area contributed by atoms with Crippen LogP contribution in [0.25, 0.3) is 6.08 Å². The number of rotatable bonds is 7. The SMILES string of the molecule is O=C(COc1cccc(NS(=O)(=O)/C=C/c2ccccc2)c1)N1CCOCC1. The molecule has 7 nitrogen and oxygen atoms in total. The molecule has 1 fully saturated rings. The number of morpholine rings is 1. The van der Waals surface area contributed by atoms with Gasteiger partial charge in [0.15, 0.2) is 6.61 Å². The van der Waals surface area contributed by atoms with Crippen LogP contribution in [0, 0.1) is 0 Å². The average Bonchev–Trinajstić information content (AvgIpc) is 2.72. The van der Waals surface area contributed by atoms with Crippen LogP contribution in [-0.2, 0) is 19.6 Å². The van der Waals surface area contributed by atoms with E-state index in [2.05, 4.69) is 4.72 Å². The molecule has 0 atom stereocenters. The Kier molecular flexibility index (Phi) is 6.67. The molecular formula is C20H22N2O5S. The Balaban J connectivity index is 1.58. The van der Waals surface area contributed by atoms with Gasteiger partial charge in [0, 0.05) is 19.2 Å². The maximum Gasteiger partial charge on any atom is 0.260 e. The Hall–Kier alpha value is -2.84. The third-order valence-corrected chi connectivity index (χ3v) is 5.07. The van der Waals surface area contributed by atoms with Crippen molar-refractivity contribution < 1.29 is 22.7 Å². The molecular weight excluding hydrogens is 380 g/mol. The zero-order valence-corrected chi connectivity index (χ0v) is 16.1. The summed E-state index contributed by atoms with van der Waals surface area (Å²) in [6, 6.07) is 15.6. The van der Waals surface area contributed by atoms with E-state index in [9.17, 15) is 13.2 Å². The fourth-order valence-corrected chi connectivity index (χ4v) is 3.49. The molecule has 1 aliphatic rings. The first-order valence-electron chi connectivity index (χ1n) is 8.86. The summed E-state index contributed by atoms with van der Waals surface area (Å²) in [6.07, 6.45) is 1.52. The van der Waals surface area contributed by atoms with Crippen molar-refractivity contribution in [3.63, 3.8) is 0 Å². The molecule has 8 heteroatoms. The predicted molar refractivity (Wildman–Crippen MR) is 107 cm³/mol. The number of hydrogen-bond acceptors (Lipinski definition) is 5. The maximum atomic E-state index is 12.2. The quantitative estimate of drug-likeness (QED) is 0.768. The smallest absolute Gasteiger partial charge is 0.260 e. The highest BCUT2D eigenvalue weighted by molar-refractivity contribution is 7.95. The van der Waals surface area contributed by atoms with E-state index in [1.54, 1.807) is 29.2 Å². The molecule has 0 radical (unpaired) electrons. The lowest BCUT2D eigenvalue weighted by Gasteiger charge is -2.26. The van der Waals surface area contributed by atoms with E-state index in [0.717, 1.165) is 11.0 Å². The molecule has 0 bridgehead atoms. The van der Waals surface area contributed by atoms with Gasteiger partial charge in [0.1, 0.15) is 5.75 Å². The lowest BCUT2D eigenvalue weighted by Crippen LogP contribution is -2.42. The highest BCUT2D eigenvalue weighted by Crippen LogP contribution is 2.19. The summed E-state index contributed by atoms with van der Waals surface area (Å²) < 4.78 is 37.7. The van der Waals surface area contributed by atoms with Crippen molar-refractivity contribution in [1.29, 1.82) is 0 Å². The predicted octanol–water partition coefficient (Wildman–Crippen LogP) is 2.34. The van der Waals surface area contributed by atoms with E-state index in [1.807, 2.05) is 30.3 Å². The second kappa shape index (κ2) is 9.38. The molecule has 0 unspecified atom stereocenters. The lowest BCUT2D eigenvalue weighted by atomic mass is 10.2. The highest BCUT2D eigenvalue weighted by Gasteiger charge is 2.17. The molecule has 1 amide bonds. The minimum atomic E-state index is -3.67. The second-order valence-electron chi connectivity index (χ2n) is 6.17. The molecule has 1 heterocycles. The molecule has 3 rings (SSSR count). The van der Waals surface area contributed by atoms with Crippen molar-refractivity contribution in [1.82, 2.24) is 4.90 Å². The summed E-state index contributed by atoms with van der Waals surface area (Å²) in [5.41, 5.74) is 1.14. The monoisotopic (exact) mass is 402 g/mol. The fourth-order valence-electron chi connectivity index (χ4n) is 2.63. The molecule has 0 aromatic heterocycles. The Labute approximate surface area is 164 Å². The number of ether oxygens (including phenoxy) is 2. The van der Waals surface area contributed by atoms with Crippen LogP contribution in [-0.4, -0.2) is 52.1 Å². The Morgan fingerprint density at radius 1 is 1.11 bits per heavy atom. The largest absolute Gasteiger partial charge is 0.484 e. The van der Waals surface area contributed by atoms with Crippen LogP contribution in [0.4, 0.5) is 5.69 Å². The van der Waals surface area contributed by atoms with Gasteiger partial charge in [-0.15, -0.1) is 0 Å². The first-order chi connectivity index (χ1) is 13.5. The molecule has 2 aromatic carbocycles. The van der Waals surface area contributed by atoms with Crippen LogP contribution < -0.4 is 9.46 Å². The van der Waals surface area contributed by atoms with Crippen molar-refractivity contribution >= 4 is 27.7 Å². The van der Waals surface area contributed by atoms with Crippen LogP contribution in [0.3, 0.4) is 0 Å². The maximum absolute atomic E-state index is 12.2. The number of sulfonamides is 1. The normalized spacial score (nSPS) is 14.8. The van der Waals surface area contributed by atoms with Gasteiger partial charge in [-0.2, -0.15) is 0 Å². The number of nitrogens with one attached hydrogen (secondary N) is 1. The number of hydrogen-bond donors (Lipinski definition) is 1. The van der Waals surface area contributed by atoms with Crippen LogP contribution in [0.15, 0.2) is 60.0 Å². The molecule has 28 heavy (non-hydrogen) atoms. The lowest BCUT2D eigenvalue weighted by molar-refractivity contribution is -0.137. The average molecular weight is 402 g/mol. The number of carbonyl (C=O) groups is 1. The molecule has 2 aromatic rings. The van der Waals surface area contributed by atoms with Gasteiger partial charge >= 0.3 is 0 Å². The van der Waals surface area contributed by atoms with Crippen LogP contribution in [0.5, 0.6) is 5.75 Å². The molecule has 1 saturated heterocycles. The summed E-state index contributed by atoms with van der Waals surface area (Å²) in [6.45, 7) is 2.05. The van der Waals surface area contributed by atoms with Crippen molar-refractivity contribution in [3.05, 3.63) is 65.6 Å². The molecule has 0 aliphatic carbocycles. The van der Waals surface area contributed by atoms with E-state index in [-0.39, 0.29) is 12.5 Å². The Bertz CT molecular complexity index is 923. The van der Waals surface area contributed by atoms with E-state index in [4.69, 9.17) is 9.47 Å². The summed E-state index contributed by atoms with van der Waals surface area (Å²) in [5, 5.41) is 1.11. The number of amides is 1. The van der Waals surface area contributed by atoms with E-state index < -0.39 is 10.0 Å². The minimum Gasteiger partial charge on any atom is -0.484 e. The molecule has 1 aliphatic heterocycles. The summed E-state index contributed by atoms with van der Waals surface area (Å²) >= 11 is 0. The zero-order valence-electron chi connectivity index (χ0n) is 15.3. The third-order valence-electron chi connectivity index (χ3n) is 4.06. The summed E-state index contributed by atoms with van der Waals surface area (Å²) in [5.74, 6) is 0.286. The summed E-state index contributed by atoms with van der Waals surface area (Å²) in [4.78, 5) is 13.8. The Morgan fingerprint density at radius 3 is 2.61 bits per heavy atom. The zero-order chi connectivity index (χ0) is 19.8. The minimum absolute atomic E-state index is 0.107. The second-order valence-corrected chi connectivity index (χ2v) is 7.74. The summed E-state index contributed by atoms with van der Waals surface area (Å²) in [7, 11) is -3.67. The van der Waals surface area contributed by atoms with Crippen LogP contribution in [0.1, 0.15) is 5.56 Å². The van der Waals surface area contributed by atoms with E-state index in [1.165, 1.54) is 6.08 Å². The van der Waals surface area contributed by atoms with Crippen LogP contribution >= 0.6 is 0 Å². The molecule has 1 N–H and O–H groups in total. The molecule has 0 spiro atoms. The number of anilines is 1. The first-order valence-corrected chi connectivity index (χ1v) is 10.4. The van der Waals surface area contributed by atoms with E-state index >= 15 is 0 Å². The van der Waals surface area contributed by atoms with Gasteiger partial charge in [0.25, 0.3) is 15.9 Å². The highest BCUT2D eigenvalue weighted by atomic mass is 32.2. The van der Waals surface area contributed by atoms with Gasteiger partial charge in [-0.3, -0.25) is 9.52 Å². The number of benzene rings is 2. The van der Waals surface area contributed by atoms with Gasteiger partial charge in [0.05, 0.1) is 24.3 Å². The van der Waals surface area contributed by atoms with Gasteiger partial charge in [-0.05, 0) is 23.8 Å². The van der Waals surface area contributed by atoms with E-state index in [0.29, 0.717) is 37.7 Å². The van der Waals surface area contributed by atoms with Crippen LogP contribution in [0.2, 0.25) is 0 Å². The van der Waals surface area contributed by atoms with Crippen molar-refractivity contribution in [2.75, 3.05) is 37.6 Å². The van der Waals surface area contributed by atoms with Gasteiger partial charge in [-0.1, -0.05) is 36.4 Å². The van der Waals surface area contributed by atoms with Gasteiger partial charge < -0.3 is 14.4 Å². The van der Waals surface area contributed by atoms with Crippen molar-refractivity contribution in [2.24, 2.45) is 0 Å². The van der Waals surface area contributed by atoms with Gasteiger partial charge in [0.2, 0.25) is 0 Å². The third kappa shape index (κ3) is 6.11. The standard InChI is InChI=1S/C20H22N2O5S/c23-20(22-10-12-26-13-11-22)16-27-19-8-4-7-18(15-19)21-28(24,25)14-9-17-5-2-1-3-6-17/h1-9,14-15,21H,10-13,16H2/b14-9+. The number of carbonyl (C=O) groups excluding carboxylic acids is 1. The molecule has 0 saturated carbocycles. The van der Waals surface area contributed by atoms with Gasteiger partial charge in [-0.25, -0.2) is 8.42 Å².